The van der Waals surface area contributed by atoms with Crippen LogP contribution in [0.4, 0.5) is 13.2 Å². The van der Waals surface area contributed by atoms with E-state index >= 15 is 0 Å². The van der Waals surface area contributed by atoms with Crippen LogP contribution in [0.25, 0.3) is 0 Å². The lowest BCUT2D eigenvalue weighted by Gasteiger charge is -2.32. The highest BCUT2D eigenvalue weighted by Crippen LogP contribution is 2.32. The molecule has 1 aromatic carbocycles. The molecule has 0 spiro atoms. The molecule has 0 heterocycles. The minimum absolute atomic E-state index is 0.299. The molecule has 1 atom stereocenters. The zero-order valence-electron chi connectivity index (χ0n) is 10.2. The average Bonchev–Trinajstić information content (AvgIpc) is 2.26. The van der Waals surface area contributed by atoms with Gasteiger partial charge in [0.1, 0.15) is 5.54 Å². The van der Waals surface area contributed by atoms with Gasteiger partial charge in [-0.25, -0.2) is 4.79 Å². The van der Waals surface area contributed by atoms with E-state index in [1.807, 2.05) is 0 Å². The van der Waals surface area contributed by atoms with Crippen molar-refractivity contribution in [3.63, 3.8) is 0 Å². The molecule has 0 amide bonds. The number of carboxylic acid groups (broad SMARTS) is 1. The van der Waals surface area contributed by atoms with Crippen molar-refractivity contribution < 1.29 is 23.1 Å². The Morgan fingerprint density at radius 3 is 1.78 bits per heavy atom. The third-order valence-electron chi connectivity index (χ3n) is 3.09. The molecule has 0 fully saturated rings. The highest BCUT2D eigenvalue weighted by molar-refractivity contribution is 5.80. The number of hydrogen-bond acceptors (Lipinski definition) is 2. The summed E-state index contributed by atoms with van der Waals surface area (Å²) in [4.78, 5) is 12.7. The van der Waals surface area contributed by atoms with Gasteiger partial charge in [0.05, 0.1) is 5.56 Å². The van der Waals surface area contributed by atoms with Crippen molar-refractivity contribution >= 4 is 5.97 Å². The summed E-state index contributed by atoms with van der Waals surface area (Å²) in [7, 11) is 3.12. The van der Waals surface area contributed by atoms with E-state index in [0.29, 0.717) is 5.56 Å². The molecule has 0 aliphatic rings. The van der Waals surface area contributed by atoms with Crippen LogP contribution in [0.5, 0.6) is 0 Å². The topological polar surface area (TPSA) is 40.5 Å². The fraction of sp³-hybridized carbons (Fsp3) is 0.417. The number of halogens is 3. The molecule has 0 radical (unpaired) electrons. The van der Waals surface area contributed by atoms with Gasteiger partial charge >= 0.3 is 12.1 Å². The number of carboxylic acids is 1. The molecule has 6 heteroatoms. The lowest BCUT2D eigenvalue weighted by Crippen LogP contribution is -2.45. The van der Waals surface area contributed by atoms with Gasteiger partial charge in [-0.1, -0.05) is 12.1 Å². The van der Waals surface area contributed by atoms with Gasteiger partial charge < -0.3 is 5.11 Å². The summed E-state index contributed by atoms with van der Waals surface area (Å²) < 4.78 is 37.2. The van der Waals surface area contributed by atoms with Crippen LogP contribution in [0.2, 0.25) is 0 Å². The normalized spacial score (nSPS) is 15.5. The molecule has 3 nitrogen and oxygen atoms in total. The summed E-state index contributed by atoms with van der Waals surface area (Å²) in [5, 5.41) is 9.22. The maximum absolute atomic E-state index is 12.4. The third-order valence-corrected chi connectivity index (χ3v) is 3.09. The predicted molar refractivity (Wildman–Crippen MR) is 60.1 cm³/mol. The Morgan fingerprint density at radius 1 is 1.11 bits per heavy atom. The smallest absolute Gasteiger partial charge is 0.416 e. The zero-order valence-corrected chi connectivity index (χ0v) is 10.2. The lowest BCUT2D eigenvalue weighted by atomic mass is 9.90. The van der Waals surface area contributed by atoms with E-state index in [2.05, 4.69) is 0 Å². The number of hydrogen-bond donors (Lipinski definition) is 1. The Balaban J connectivity index is 3.22. The molecule has 0 aromatic heterocycles. The summed E-state index contributed by atoms with van der Waals surface area (Å²) >= 11 is 0. The standard InChI is InChI=1S/C12H14F3NO2/c1-11(10(17)18,16(2)3)8-4-6-9(7-5-8)12(13,14)15/h4-7H,1-3H3,(H,17,18). The number of aliphatic carboxylic acids is 1. The maximum atomic E-state index is 12.4. The summed E-state index contributed by atoms with van der Waals surface area (Å²) in [5.41, 5.74) is -1.85. The molecule has 1 N–H and O–H groups in total. The van der Waals surface area contributed by atoms with Gasteiger partial charge in [0.2, 0.25) is 0 Å². The van der Waals surface area contributed by atoms with E-state index in [1.54, 1.807) is 14.1 Å². The van der Waals surface area contributed by atoms with Crippen LogP contribution in [0.3, 0.4) is 0 Å². The largest absolute Gasteiger partial charge is 0.480 e. The molecule has 0 aliphatic carbocycles. The summed E-state index contributed by atoms with van der Waals surface area (Å²) in [6, 6.07) is 4.16. The van der Waals surface area contributed by atoms with Crippen molar-refractivity contribution in [2.75, 3.05) is 14.1 Å². The number of nitrogens with zero attached hydrogens (tertiary/aromatic N) is 1. The van der Waals surface area contributed by atoms with Gasteiger partial charge in [-0.05, 0) is 38.7 Å². The highest BCUT2D eigenvalue weighted by Gasteiger charge is 2.38. The molecule has 0 saturated carbocycles. The Morgan fingerprint density at radius 2 is 1.50 bits per heavy atom. The second-order valence-corrected chi connectivity index (χ2v) is 4.35. The van der Waals surface area contributed by atoms with E-state index in [1.165, 1.54) is 24.0 Å². The Bertz CT molecular complexity index is 440. The van der Waals surface area contributed by atoms with Crippen LogP contribution in [-0.4, -0.2) is 30.1 Å². The summed E-state index contributed by atoms with van der Waals surface area (Å²) in [6.45, 7) is 1.44. The first kappa shape index (κ1) is 14.5. The predicted octanol–water partition coefficient (Wildman–Crippen LogP) is 2.57. The lowest BCUT2D eigenvalue weighted by molar-refractivity contribution is -0.149. The fourth-order valence-corrected chi connectivity index (χ4v) is 1.56. The molecular weight excluding hydrogens is 247 g/mol. The van der Waals surface area contributed by atoms with Crippen molar-refractivity contribution in [2.24, 2.45) is 0 Å². The Hall–Kier alpha value is -1.56. The van der Waals surface area contributed by atoms with E-state index < -0.39 is 23.2 Å². The first-order valence-electron chi connectivity index (χ1n) is 5.18. The van der Waals surface area contributed by atoms with Crippen LogP contribution in [-0.2, 0) is 16.5 Å². The second kappa shape index (κ2) is 4.61. The number of rotatable bonds is 3. The van der Waals surface area contributed by atoms with E-state index in [0.717, 1.165) is 12.1 Å². The molecular formula is C12H14F3NO2. The number of alkyl halides is 3. The molecule has 1 unspecified atom stereocenters. The van der Waals surface area contributed by atoms with Crippen molar-refractivity contribution in [1.82, 2.24) is 4.90 Å². The van der Waals surface area contributed by atoms with Gasteiger partial charge in [-0.3, -0.25) is 4.90 Å². The fourth-order valence-electron chi connectivity index (χ4n) is 1.56. The van der Waals surface area contributed by atoms with Crippen molar-refractivity contribution in [3.05, 3.63) is 35.4 Å². The molecule has 100 valence electrons. The number of benzene rings is 1. The van der Waals surface area contributed by atoms with Crippen LogP contribution in [0.1, 0.15) is 18.1 Å². The van der Waals surface area contributed by atoms with Gasteiger partial charge in [0, 0.05) is 0 Å². The minimum atomic E-state index is -4.42. The SMILES string of the molecule is CN(C)C(C)(C(=O)O)c1ccc(C(F)(F)F)cc1. The Kier molecular flexibility index (Phi) is 3.71. The van der Waals surface area contributed by atoms with E-state index in [9.17, 15) is 23.1 Å². The van der Waals surface area contributed by atoms with Crippen molar-refractivity contribution in [2.45, 2.75) is 18.6 Å². The molecule has 18 heavy (non-hydrogen) atoms. The molecule has 1 aromatic rings. The molecule has 0 bridgehead atoms. The first-order valence-corrected chi connectivity index (χ1v) is 5.18. The van der Waals surface area contributed by atoms with Gasteiger partial charge in [0.15, 0.2) is 0 Å². The quantitative estimate of drug-likeness (QED) is 0.909. The minimum Gasteiger partial charge on any atom is -0.480 e. The van der Waals surface area contributed by atoms with E-state index in [4.69, 9.17) is 0 Å². The average molecular weight is 261 g/mol. The second-order valence-electron chi connectivity index (χ2n) is 4.35. The summed E-state index contributed by atoms with van der Waals surface area (Å²) in [6.07, 6.45) is -4.42. The molecule has 0 saturated heterocycles. The molecule has 1 rings (SSSR count). The van der Waals surface area contributed by atoms with Gasteiger partial charge in [0.25, 0.3) is 0 Å². The van der Waals surface area contributed by atoms with Crippen molar-refractivity contribution in [1.29, 1.82) is 0 Å². The van der Waals surface area contributed by atoms with Crippen LogP contribution in [0.15, 0.2) is 24.3 Å². The zero-order chi connectivity index (χ0) is 14.1. The monoisotopic (exact) mass is 261 g/mol. The van der Waals surface area contributed by atoms with Crippen LogP contribution in [0, 0.1) is 0 Å². The van der Waals surface area contributed by atoms with Gasteiger partial charge in [-0.2, -0.15) is 13.2 Å². The number of likely N-dealkylation sites (N-methyl/N-ethyl adjacent to an activating group) is 1. The van der Waals surface area contributed by atoms with Crippen LogP contribution < -0.4 is 0 Å². The first-order chi connectivity index (χ1) is 8.10. The summed E-state index contributed by atoms with van der Waals surface area (Å²) in [5.74, 6) is -1.12. The highest BCUT2D eigenvalue weighted by atomic mass is 19.4. The van der Waals surface area contributed by atoms with Crippen LogP contribution >= 0.6 is 0 Å². The maximum Gasteiger partial charge on any atom is 0.416 e. The number of carbonyl (C=O) groups is 1. The van der Waals surface area contributed by atoms with E-state index in [-0.39, 0.29) is 0 Å². The molecule has 0 aliphatic heterocycles. The third kappa shape index (κ3) is 2.48. The Labute approximate surface area is 103 Å². The van der Waals surface area contributed by atoms with Crippen molar-refractivity contribution in [3.8, 4) is 0 Å². The van der Waals surface area contributed by atoms with Gasteiger partial charge in [-0.15, -0.1) is 0 Å².